The molecule has 0 atom stereocenters. The van der Waals surface area contributed by atoms with E-state index in [2.05, 4.69) is 0 Å². The molecule has 0 N–H and O–H groups in total. The number of rotatable bonds is 0. The van der Waals surface area contributed by atoms with Gasteiger partial charge in [-0.15, -0.1) is 0 Å². The van der Waals surface area contributed by atoms with Gasteiger partial charge in [0.15, 0.2) is 0 Å². The summed E-state index contributed by atoms with van der Waals surface area (Å²) in [5.41, 5.74) is 0. The molecule has 0 spiro atoms. The van der Waals surface area contributed by atoms with Gasteiger partial charge in [-0.25, -0.2) is 0 Å². The van der Waals surface area contributed by atoms with Gasteiger partial charge < -0.3 is 0 Å². The number of hydrogen-bond donors (Lipinski definition) is 0. The normalized spacial score (nSPS) is 0.800. The second kappa shape index (κ2) is 26.3. The maximum atomic E-state index is 8.39. The fourth-order valence-electron chi connectivity index (χ4n) is 0. The van der Waals surface area contributed by atoms with Gasteiger partial charge in [-0.3, -0.25) is 0 Å². The first-order chi connectivity index (χ1) is 1.00. The van der Waals surface area contributed by atoms with Crippen molar-refractivity contribution in [1.29, 1.82) is 0 Å². The monoisotopic (exact) mass is 532 g/mol. The molecule has 0 unspecified atom stereocenters. The van der Waals surface area contributed by atoms with E-state index in [0.717, 1.165) is 0 Å². The minimum absolute atomic E-state index is 0. The molecule has 0 amide bonds. The Balaban J connectivity index is -0.00000000167. The third kappa shape index (κ3) is 18.7. The van der Waals surface area contributed by atoms with Crippen LogP contribution in [0.15, 0.2) is 0 Å². The average molecular weight is 531 g/mol. The van der Waals surface area contributed by atoms with E-state index in [1.807, 2.05) is 0 Å². The van der Waals surface area contributed by atoms with Crippen molar-refractivity contribution in [1.82, 2.24) is 0 Å². The molecule has 0 saturated heterocycles. The molecule has 0 aromatic carbocycles. The minimum atomic E-state index is 0. The van der Waals surface area contributed by atoms with Crippen molar-refractivity contribution in [2.45, 2.75) is 0 Å². The first-order valence-corrected chi connectivity index (χ1v) is 1.79. The zero-order valence-corrected chi connectivity index (χ0v) is 13.0. The Kier molecular flexibility index (Phi) is 125. The van der Waals surface area contributed by atoms with Crippen molar-refractivity contribution in [2.75, 3.05) is 0 Å². The van der Waals surface area contributed by atoms with E-state index in [4.69, 9.17) is 2.69 Å². The molecule has 8 radical (unpaired) electrons. The van der Waals surface area contributed by atoms with E-state index in [1.54, 1.807) is 0 Å². The van der Waals surface area contributed by atoms with Crippen LogP contribution in [0.4, 0.5) is 0 Å². The Morgan fingerprint density at radius 3 is 1.20 bits per heavy atom. The van der Waals surface area contributed by atoms with Crippen LogP contribution in [0.1, 0.15) is 0 Å². The molecule has 0 bridgehead atoms. The fraction of sp³-hybridized carbons (Fsp3) is 0. The zero-order valence-electron chi connectivity index (χ0n) is 2.40. The van der Waals surface area contributed by atoms with Gasteiger partial charge in [0.2, 0.25) is 0 Å². The summed E-state index contributed by atoms with van der Waals surface area (Å²) >= 11 is 0.0556. The van der Waals surface area contributed by atoms with Gasteiger partial charge in [-0.2, -0.15) is 0 Å². The first kappa shape index (κ1) is 23.8. The van der Waals surface area contributed by atoms with Crippen molar-refractivity contribution in [2.24, 2.45) is 0 Å². The second-order valence-corrected chi connectivity index (χ2v) is 0. The van der Waals surface area contributed by atoms with E-state index < -0.39 is 0 Å². The summed E-state index contributed by atoms with van der Waals surface area (Å²) in [5.74, 6) is 0. The molecule has 0 aliphatic rings. The second-order valence-electron chi connectivity index (χ2n) is 0. The summed E-state index contributed by atoms with van der Waals surface area (Å²) in [6.45, 7) is 0. The van der Waals surface area contributed by atoms with Crippen LogP contribution in [0.5, 0.6) is 0 Å². The summed E-state index contributed by atoms with van der Waals surface area (Å²) in [6.07, 6.45) is 0. The molecule has 0 aromatic rings. The van der Waals surface area contributed by atoms with Crippen molar-refractivity contribution < 1.29 is 19.5 Å². The maximum absolute atomic E-state index is 8.39. The SMILES string of the molecule is [Bi].[Ca].[Co].[O]=[Pb]. The molecule has 1 nitrogen and oxygen atoms in total. The Morgan fingerprint density at radius 2 is 1.20 bits per heavy atom. The number of hydrogen-bond acceptors (Lipinski definition) is 1. The molecule has 26 valence electrons. The van der Waals surface area contributed by atoms with E-state index in [-0.39, 0.29) is 107 Å². The third-order valence-electron chi connectivity index (χ3n) is 0. The van der Waals surface area contributed by atoms with Gasteiger partial charge in [-0.1, -0.05) is 0 Å². The molecule has 0 saturated carbocycles. The summed E-state index contributed by atoms with van der Waals surface area (Å²) < 4.78 is 8.39. The fourth-order valence-corrected chi connectivity index (χ4v) is 0. The van der Waals surface area contributed by atoms with Gasteiger partial charge in [0.25, 0.3) is 0 Å². The van der Waals surface area contributed by atoms with Crippen molar-refractivity contribution in [3.05, 3.63) is 0 Å². The van der Waals surface area contributed by atoms with Crippen LogP contribution in [0, 0.1) is 0 Å². The van der Waals surface area contributed by atoms with Crippen LogP contribution in [0.25, 0.3) is 0 Å². The Bertz CT molecular complexity index is 11.6. The van der Waals surface area contributed by atoms with E-state index >= 15 is 0 Å². The van der Waals surface area contributed by atoms with E-state index in [9.17, 15) is 0 Å². The molecule has 0 heterocycles. The quantitative estimate of drug-likeness (QED) is 0.357. The van der Waals surface area contributed by atoms with Gasteiger partial charge in [-0.05, 0) is 0 Å². The van der Waals surface area contributed by atoms with Crippen LogP contribution < -0.4 is 0 Å². The van der Waals surface area contributed by atoms with E-state index in [1.165, 1.54) is 0 Å². The third-order valence-corrected chi connectivity index (χ3v) is 0. The average Bonchev–Trinajstić information content (AvgIpc) is 1.00. The van der Waals surface area contributed by atoms with Crippen LogP contribution >= 0.6 is 0 Å². The standard InChI is InChI=1S/Bi.Ca.Co.O.Pb. The van der Waals surface area contributed by atoms with Crippen LogP contribution in [0.2, 0.25) is 0 Å². The van der Waals surface area contributed by atoms with Crippen molar-refractivity contribution >= 4 is 89.7 Å². The van der Waals surface area contributed by atoms with Crippen LogP contribution in [-0.4, -0.2) is 89.7 Å². The molecular weight excluding hydrogens is 531 g/mol. The van der Waals surface area contributed by atoms with Gasteiger partial charge in [0, 0.05) is 80.7 Å². The van der Waals surface area contributed by atoms with Crippen LogP contribution in [-0.2, 0) is 19.5 Å². The van der Waals surface area contributed by atoms with Gasteiger partial charge in [0.1, 0.15) is 0 Å². The molecule has 0 rings (SSSR count). The van der Waals surface area contributed by atoms with Gasteiger partial charge in [0.05, 0.1) is 0 Å². The topological polar surface area (TPSA) is 17.1 Å². The van der Waals surface area contributed by atoms with Crippen molar-refractivity contribution in [3.63, 3.8) is 0 Å². The van der Waals surface area contributed by atoms with Crippen LogP contribution in [0.3, 0.4) is 0 Å². The Morgan fingerprint density at radius 1 is 1.20 bits per heavy atom. The summed E-state index contributed by atoms with van der Waals surface area (Å²) in [5, 5.41) is 0. The molecule has 0 aliphatic carbocycles. The molecule has 0 fully saturated rings. The molecular formula is BiCaCoOPb. The van der Waals surface area contributed by atoms with E-state index in [0.29, 0.717) is 0 Å². The first-order valence-electron chi connectivity index (χ1n) is 0.204. The molecule has 5 heteroatoms. The molecule has 0 aliphatic heterocycles. The Labute approximate surface area is 107 Å². The summed E-state index contributed by atoms with van der Waals surface area (Å²) in [6, 6.07) is 0. The Hall–Kier alpha value is 3.37. The zero-order chi connectivity index (χ0) is 2.00. The van der Waals surface area contributed by atoms with Gasteiger partial charge >= 0.3 is 28.5 Å². The molecule has 5 heavy (non-hydrogen) atoms. The predicted molar refractivity (Wildman–Crippen MR) is 17.9 cm³/mol. The van der Waals surface area contributed by atoms with Crippen molar-refractivity contribution in [3.8, 4) is 0 Å². The predicted octanol–water partition coefficient (Wildman–Crippen LogP) is -1.26. The summed E-state index contributed by atoms with van der Waals surface area (Å²) in [4.78, 5) is 0. The summed E-state index contributed by atoms with van der Waals surface area (Å²) in [7, 11) is 0. The molecule has 0 aromatic heterocycles.